The molecule has 3 heteroatoms. The maximum absolute atomic E-state index is 9.38. The average molecular weight is 152 g/mol. The lowest BCUT2D eigenvalue weighted by atomic mass is 10.2. The summed E-state index contributed by atoms with van der Waals surface area (Å²) < 4.78 is 1.86. The summed E-state index contributed by atoms with van der Waals surface area (Å²) in [7, 11) is 0. The zero-order chi connectivity index (χ0) is 7.84. The molecule has 0 aromatic carbocycles. The van der Waals surface area contributed by atoms with Crippen LogP contribution in [0.2, 0.25) is 0 Å². The summed E-state index contributed by atoms with van der Waals surface area (Å²) >= 11 is 0. The van der Waals surface area contributed by atoms with E-state index < -0.39 is 12.2 Å². The molecule has 0 saturated heterocycles. The van der Waals surface area contributed by atoms with Crippen molar-refractivity contribution < 1.29 is 14.8 Å². The summed E-state index contributed by atoms with van der Waals surface area (Å²) in [6.07, 6.45) is 0.503. The topological polar surface area (TPSA) is 44.3 Å². The quantitative estimate of drug-likeness (QED) is 0.487. The van der Waals surface area contributed by atoms with Crippen LogP contribution in [0.15, 0.2) is 24.4 Å². The Hall–Kier alpha value is -0.930. The van der Waals surface area contributed by atoms with Gasteiger partial charge in [0.1, 0.15) is 6.10 Å². The lowest BCUT2D eigenvalue weighted by Crippen LogP contribution is -2.34. The van der Waals surface area contributed by atoms with E-state index in [9.17, 15) is 10.2 Å². The zero-order valence-corrected chi connectivity index (χ0v) is 6.01. The summed E-state index contributed by atoms with van der Waals surface area (Å²) in [5, 5.41) is 18.6. The zero-order valence-electron chi connectivity index (χ0n) is 6.01. The molecule has 3 nitrogen and oxygen atoms in total. The van der Waals surface area contributed by atoms with Gasteiger partial charge in [0.2, 0.25) is 5.69 Å². The second-order valence-electron chi connectivity index (χ2n) is 2.79. The molecule has 0 fully saturated rings. The minimum Gasteiger partial charge on any atom is -0.383 e. The second-order valence-corrected chi connectivity index (χ2v) is 2.79. The third-order valence-corrected chi connectivity index (χ3v) is 2.03. The van der Waals surface area contributed by atoms with Crippen molar-refractivity contribution in [2.24, 2.45) is 0 Å². The summed E-state index contributed by atoms with van der Waals surface area (Å²) in [6, 6.07) is 5.56. The second kappa shape index (κ2) is 2.29. The predicted molar refractivity (Wildman–Crippen MR) is 37.6 cm³/mol. The monoisotopic (exact) mass is 152 g/mol. The Kier molecular flexibility index (Phi) is 1.41. The largest absolute Gasteiger partial charge is 0.383 e. The van der Waals surface area contributed by atoms with Gasteiger partial charge in [0.15, 0.2) is 18.8 Å². The molecule has 1 aliphatic heterocycles. The Balaban J connectivity index is 2.47. The molecule has 0 amide bonds. The third kappa shape index (κ3) is 0.931. The molecular formula is C8H10NO2+. The van der Waals surface area contributed by atoms with E-state index in [0.717, 1.165) is 5.69 Å². The average Bonchev–Trinajstić information content (AvgIpc) is 2.30. The molecular weight excluding hydrogens is 142 g/mol. The van der Waals surface area contributed by atoms with Crippen LogP contribution in [0.4, 0.5) is 0 Å². The Morgan fingerprint density at radius 1 is 1.36 bits per heavy atom. The molecule has 0 spiro atoms. The maximum atomic E-state index is 9.38. The fraction of sp³-hybridized carbons (Fsp3) is 0.375. The summed E-state index contributed by atoms with van der Waals surface area (Å²) in [6.45, 7) is 0.497. The molecule has 2 atom stereocenters. The van der Waals surface area contributed by atoms with Crippen LogP contribution in [-0.4, -0.2) is 16.3 Å². The van der Waals surface area contributed by atoms with Crippen LogP contribution in [0.3, 0.4) is 0 Å². The van der Waals surface area contributed by atoms with Crippen LogP contribution in [0, 0.1) is 0 Å². The van der Waals surface area contributed by atoms with E-state index in [0.29, 0.717) is 6.54 Å². The van der Waals surface area contributed by atoms with Crippen molar-refractivity contribution in [3.63, 3.8) is 0 Å². The van der Waals surface area contributed by atoms with E-state index in [4.69, 9.17) is 0 Å². The number of pyridine rings is 1. The first-order chi connectivity index (χ1) is 5.29. The number of aliphatic hydroxyl groups is 2. The van der Waals surface area contributed by atoms with Gasteiger partial charge in [-0.25, -0.2) is 0 Å². The molecule has 0 aliphatic carbocycles. The molecule has 11 heavy (non-hydrogen) atoms. The minimum absolute atomic E-state index is 0.497. The Labute approximate surface area is 64.5 Å². The normalized spacial score (nSPS) is 28.5. The van der Waals surface area contributed by atoms with Gasteiger partial charge in [-0.3, -0.25) is 0 Å². The molecule has 2 heterocycles. The molecule has 2 rings (SSSR count). The lowest BCUT2D eigenvalue weighted by Gasteiger charge is -1.98. The first-order valence-corrected chi connectivity index (χ1v) is 3.63. The number of hydrogen-bond donors (Lipinski definition) is 2. The highest BCUT2D eigenvalue weighted by atomic mass is 16.3. The molecule has 0 unspecified atom stereocenters. The number of aromatic nitrogens is 1. The van der Waals surface area contributed by atoms with Crippen LogP contribution in [0.25, 0.3) is 0 Å². The standard InChI is InChI=1S/C8H10NO2/c10-7-5-9-4-2-1-3-6(9)8(7)11/h1-4,7-8,10-11H,5H2/q+1/t7-,8+/m1/s1. The van der Waals surface area contributed by atoms with E-state index in [-0.39, 0.29) is 0 Å². The van der Waals surface area contributed by atoms with Gasteiger partial charge in [-0.2, -0.15) is 4.57 Å². The van der Waals surface area contributed by atoms with Crippen molar-refractivity contribution in [1.82, 2.24) is 0 Å². The van der Waals surface area contributed by atoms with Gasteiger partial charge >= 0.3 is 0 Å². The summed E-state index contributed by atoms with van der Waals surface area (Å²) in [4.78, 5) is 0. The molecule has 1 aromatic rings. The number of fused-ring (bicyclic) bond motifs is 1. The molecule has 1 aromatic heterocycles. The van der Waals surface area contributed by atoms with E-state index in [1.54, 1.807) is 0 Å². The fourth-order valence-corrected chi connectivity index (χ4v) is 1.42. The van der Waals surface area contributed by atoms with E-state index in [2.05, 4.69) is 0 Å². The molecule has 0 radical (unpaired) electrons. The first-order valence-electron chi connectivity index (χ1n) is 3.63. The van der Waals surface area contributed by atoms with E-state index in [1.807, 2.05) is 29.0 Å². The number of rotatable bonds is 0. The van der Waals surface area contributed by atoms with Crippen molar-refractivity contribution in [3.8, 4) is 0 Å². The number of nitrogens with zero attached hydrogens (tertiary/aromatic N) is 1. The summed E-state index contributed by atoms with van der Waals surface area (Å²) in [5.74, 6) is 0. The third-order valence-electron chi connectivity index (χ3n) is 2.03. The van der Waals surface area contributed by atoms with Crippen molar-refractivity contribution >= 4 is 0 Å². The van der Waals surface area contributed by atoms with Gasteiger partial charge in [-0.15, -0.1) is 0 Å². The van der Waals surface area contributed by atoms with Gasteiger partial charge in [0.25, 0.3) is 0 Å². The fourth-order valence-electron chi connectivity index (χ4n) is 1.42. The van der Waals surface area contributed by atoms with Crippen molar-refractivity contribution in [3.05, 3.63) is 30.1 Å². The van der Waals surface area contributed by atoms with Crippen molar-refractivity contribution in [1.29, 1.82) is 0 Å². The van der Waals surface area contributed by atoms with Crippen LogP contribution >= 0.6 is 0 Å². The van der Waals surface area contributed by atoms with Crippen LogP contribution in [0.1, 0.15) is 11.8 Å². The highest BCUT2D eigenvalue weighted by Crippen LogP contribution is 2.18. The van der Waals surface area contributed by atoms with Crippen LogP contribution in [-0.2, 0) is 6.54 Å². The maximum Gasteiger partial charge on any atom is 0.213 e. The van der Waals surface area contributed by atoms with E-state index >= 15 is 0 Å². The number of aliphatic hydroxyl groups excluding tert-OH is 2. The van der Waals surface area contributed by atoms with Crippen LogP contribution in [0.5, 0.6) is 0 Å². The minimum atomic E-state index is -0.712. The van der Waals surface area contributed by atoms with Gasteiger partial charge in [-0.1, -0.05) is 6.07 Å². The van der Waals surface area contributed by atoms with Crippen LogP contribution < -0.4 is 4.57 Å². The smallest absolute Gasteiger partial charge is 0.213 e. The first kappa shape index (κ1) is 6.76. The van der Waals surface area contributed by atoms with Crippen molar-refractivity contribution in [2.45, 2.75) is 18.8 Å². The lowest BCUT2D eigenvalue weighted by molar-refractivity contribution is -0.695. The highest BCUT2D eigenvalue weighted by molar-refractivity contribution is 5.04. The molecule has 0 saturated carbocycles. The van der Waals surface area contributed by atoms with Gasteiger partial charge in [0, 0.05) is 12.1 Å². The SMILES string of the molecule is O[C@@H]1C[n+]2ccccc2[C@@H]1O. The van der Waals surface area contributed by atoms with Crippen molar-refractivity contribution in [2.75, 3.05) is 0 Å². The van der Waals surface area contributed by atoms with E-state index in [1.165, 1.54) is 0 Å². The van der Waals surface area contributed by atoms with Gasteiger partial charge in [-0.05, 0) is 0 Å². The van der Waals surface area contributed by atoms with Gasteiger partial charge < -0.3 is 10.2 Å². The Bertz CT molecular complexity index is 275. The Morgan fingerprint density at radius 2 is 2.18 bits per heavy atom. The highest BCUT2D eigenvalue weighted by Gasteiger charge is 2.36. The molecule has 58 valence electrons. The van der Waals surface area contributed by atoms with Gasteiger partial charge in [0.05, 0.1) is 0 Å². The Morgan fingerprint density at radius 3 is 2.91 bits per heavy atom. The predicted octanol–water partition coefficient (Wildman–Crippen LogP) is -0.618. The number of hydrogen-bond acceptors (Lipinski definition) is 2. The molecule has 1 aliphatic rings. The summed E-state index contributed by atoms with van der Waals surface area (Å²) in [5.41, 5.74) is 0.792. The molecule has 2 N–H and O–H groups in total. The molecule has 0 bridgehead atoms.